The molecule has 5 rings (SSSR count). The monoisotopic (exact) mass is 610 g/mol. The Bertz CT molecular complexity index is 1770. The lowest BCUT2D eigenvalue weighted by atomic mass is 9.76. The fourth-order valence-electron chi connectivity index (χ4n) is 5.81. The molecular weight excluding hydrogens is 582 g/mol. The number of sulfonamides is 1. The highest BCUT2D eigenvalue weighted by Gasteiger charge is 2.48. The van der Waals surface area contributed by atoms with Gasteiger partial charge < -0.3 is 0 Å². The van der Waals surface area contributed by atoms with Crippen molar-refractivity contribution in [2.45, 2.75) is 49.1 Å². The normalized spacial score (nSPS) is 17.0. The summed E-state index contributed by atoms with van der Waals surface area (Å²) in [6, 6.07) is 20.5. The van der Waals surface area contributed by atoms with E-state index in [1.54, 1.807) is 66.7 Å². The first-order valence-electron chi connectivity index (χ1n) is 13.3. The van der Waals surface area contributed by atoms with Crippen LogP contribution >= 0.6 is 23.2 Å². The number of hydrogen-bond acceptors (Lipinski definition) is 3. The Labute approximate surface area is 249 Å². The van der Waals surface area contributed by atoms with Crippen LogP contribution in [0.3, 0.4) is 0 Å². The average Bonchev–Trinajstić information content (AvgIpc) is 3.33. The van der Waals surface area contributed by atoms with E-state index < -0.39 is 38.2 Å². The van der Waals surface area contributed by atoms with Crippen LogP contribution in [0.1, 0.15) is 55.5 Å². The third-order valence-electron chi connectivity index (χ3n) is 8.14. The van der Waals surface area contributed by atoms with Gasteiger partial charge in [0.1, 0.15) is 16.5 Å². The number of aromatic nitrogens is 1. The highest BCUT2D eigenvalue weighted by atomic mass is 35.5. The number of anilines is 1. The maximum Gasteiger partial charge on any atom is 0.269 e. The van der Waals surface area contributed by atoms with Gasteiger partial charge in [0.15, 0.2) is 0 Å². The van der Waals surface area contributed by atoms with Gasteiger partial charge in [0.05, 0.1) is 12.1 Å². The quantitative estimate of drug-likeness (QED) is 0.189. The third kappa shape index (κ3) is 4.80. The average molecular weight is 612 g/mol. The molecule has 1 aliphatic heterocycles. The zero-order valence-electron chi connectivity index (χ0n) is 22.6. The molecule has 0 N–H and O–H groups in total. The van der Waals surface area contributed by atoms with Crippen molar-refractivity contribution >= 4 is 39.0 Å². The first kappa shape index (κ1) is 29.1. The molecule has 41 heavy (non-hydrogen) atoms. The van der Waals surface area contributed by atoms with Crippen molar-refractivity contribution in [1.29, 1.82) is 0 Å². The molecule has 1 aromatic heterocycles. The van der Waals surface area contributed by atoms with E-state index in [1.165, 1.54) is 22.8 Å². The summed E-state index contributed by atoms with van der Waals surface area (Å²) in [5.41, 5.74) is 0.812. The summed E-state index contributed by atoms with van der Waals surface area (Å²) < 4.78 is 46.5. The molecule has 2 heterocycles. The summed E-state index contributed by atoms with van der Waals surface area (Å²) in [4.78, 5) is 14.0. The van der Waals surface area contributed by atoms with E-state index in [0.717, 1.165) is 10.4 Å². The van der Waals surface area contributed by atoms with Crippen LogP contribution in [0.2, 0.25) is 10.0 Å². The lowest BCUT2D eigenvalue weighted by Gasteiger charge is -2.29. The summed E-state index contributed by atoms with van der Waals surface area (Å²) in [7, 11) is -4.50. The minimum absolute atomic E-state index is 0.132. The summed E-state index contributed by atoms with van der Waals surface area (Å²) in [6.07, 6.45) is 3.05. The topological polar surface area (TPSA) is 59.4 Å². The predicted molar refractivity (Wildman–Crippen MR) is 163 cm³/mol. The molecule has 2 unspecified atom stereocenters. The number of nitrogens with zero attached hydrogens (tertiary/aromatic N) is 2. The second-order valence-electron chi connectivity index (χ2n) is 10.1. The summed E-state index contributed by atoms with van der Waals surface area (Å²) in [5, 5.41) is 0.964. The zero-order valence-corrected chi connectivity index (χ0v) is 24.9. The molecule has 2 atom stereocenters. The predicted octanol–water partition coefficient (Wildman–Crippen LogP) is 8.08. The van der Waals surface area contributed by atoms with Gasteiger partial charge in [0.25, 0.3) is 15.6 Å². The van der Waals surface area contributed by atoms with E-state index in [2.05, 4.69) is 6.58 Å². The van der Waals surface area contributed by atoms with Gasteiger partial charge in [0, 0.05) is 21.0 Å². The van der Waals surface area contributed by atoms with E-state index in [1.807, 2.05) is 13.8 Å². The molecule has 0 spiro atoms. The van der Waals surface area contributed by atoms with Crippen molar-refractivity contribution in [3.05, 3.63) is 140 Å². The van der Waals surface area contributed by atoms with Crippen LogP contribution in [0.5, 0.6) is 0 Å². The number of rotatable bonds is 8. The molecule has 0 saturated carbocycles. The van der Waals surface area contributed by atoms with Gasteiger partial charge in [0.2, 0.25) is 0 Å². The molecule has 1 aliphatic rings. The standard InChI is InChI=1S/C32H29Cl2FN2O3S/c1-4-32(5-2,6-3)25-19-20-28-36(31(25)38)29(21-11-15-23(33)16-12-21)30(22-13-17-24(34)18-14-22)37(28)41(39,40)27-10-8-7-9-26(27)35/h4,7-20,29-30H,1,5-6H2,2-3H3. The molecule has 0 amide bonds. The maximum atomic E-state index is 15.1. The van der Waals surface area contributed by atoms with Crippen LogP contribution in [0, 0.1) is 5.82 Å². The largest absolute Gasteiger partial charge is 0.284 e. The van der Waals surface area contributed by atoms with Crippen LogP contribution in [0.15, 0.2) is 107 Å². The third-order valence-corrected chi connectivity index (χ3v) is 10.5. The Morgan fingerprint density at radius 2 is 1.39 bits per heavy atom. The molecule has 0 aliphatic carbocycles. The second kappa shape index (κ2) is 11.1. The maximum absolute atomic E-state index is 15.1. The van der Waals surface area contributed by atoms with E-state index in [4.69, 9.17) is 23.2 Å². The van der Waals surface area contributed by atoms with Crippen molar-refractivity contribution in [1.82, 2.24) is 4.57 Å². The van der Waals surface area contributed by atoms with Gasteiger partial charge >= 0.3 is 0 Å². The number of halogens is 3. The Kier molecular flexibility index (Phi) is 7.90. The van der Waals surface area contributed by atoms with Crippen molar-refractivity contribution in [2.24, 2.45) is 0 Å². The molecule has 3 aromatic carbocycles. The molecule has 0 bridgehead atoms. The van der Waals surface area contributed by atoms with Crippen molar-refractivity contribution in [2.75, 3.05) is 4.31 Å². The Hall–Kier alpha value is -3.39. The first-order chi connectivity index (χ1) is 19.6. The Morgan fingerprint density at radius 1 is 0.854 bits per heavy atom. The highest BCUT2D eigenvalue weighted by Crippen LogP contribution is 2.50. The zero-order chi connectivity index (χ0) is 29.5. The van der Waals surface area contributed by atoms with Gasteiger partial charge in [-0.25, -0.2) is 17.1 Å². The lowest BCUT2D eigenvalue weighted by molar-refractivity contribution is 0.476. The van der Waals surface area contributed by atoms with Crippen molar-refractivity contribution < 1.29 is 12.8 Å². The molecule has 212 valence electrons. The fourth-order valence-corrected chi connectivity index (χ4v) is 7.77. The van der Waals surface area contributed by atoms with Gasteiger partial charge in [-0.1, -0.05) is 79.5 Å². The van der Waals surface area contributed by atoms with Gasteiger partial charge in [-0.2, -0.15) is 0 Å². The Balaban J connectivity index is 1.89. The number of allylic oxidation sites excluding steroid dienone is 1. The molecule has 9 heteroatoms. The summed E-state index contributed by atoms with van der Waals surface area (Å²) in [5.74, 6) is -0.752. The summed E-state index contributed by atoms with van der Waals surface area (Å²) >= 11 is 12.4. The lowest BCUT2D eigenvalue weighted by Crippen LogP contribution is -2.35. The van der Waals surface area contributed by atoms with Crippen LogP contribution in [0.25, 0.3) is 0 Å². The molecule has 0 radical (unpaired) electrons. The Morgan fingerprint density at radius 3 is 1.90 bits per heavy atom. The van der Waals surface area contributed by atoms with E-state index in [9.17, 15) is 13.2 Å². The van der Waals surface area contributed by atoms with Crippen molar-refractivity contribution in [3.63, 3.8) is 0 Å². The molecular formula is C32H29Cl2FN2O3S. The van der Waals surface area contributed by atoms with Gasteiger partial charge in [-0.05, 0) is 72.5 Å². The fraction of sp³-hybridized carbons (Fsp3) is 0.219. The van der Waals surface area contributed by atoms with Crippen LogP contribution in [-0.2, 0) is 15.4 Å². The molecule has 0 fully saturated rings. The SMILES string of the molecule is C=CC(CC)(CC)c1ccc2n(c1=O)C(c1ccc(Cl)cc1)C(c1ccc(Cl)cc1)N2S(=O)(=O)c1ccccc1F. The molecule has 4 aromatic rings. The second-order valence-corrected chi connectivity index (χ2v) is 12.7. The van der Waals surface area contributed by atoms with E-state index >= 15 is 4.39 Å². The minimum atomic E-state index is -4.50. The van der Waals surface area contributed by atoms with Gasteiger partial charge in [-0.3, -0.25) is 9.36 Å². The van der Waals surface area contributed by atoms with Crippen molar-refractivity contribution in [3.8, 4) is 0 Å². The van der Waals surface area contributed by atoms with Gasteiger partial charge in [-0.15, -0.1) is 6.58 Å². The van der Waals surface area contributed by atoms with Crippen LogP contribution in [-0.4, -0.2) is 13.0 Å². The highest BCUT2D eigenvalue weighted by molar-refractivity contribution is 7.92. The van der Waals surface area contributed by atoms with Crippen LogP contribution in [0.4, 0.5) is 10.2 Å². The molecule has 5 nitrogen and oxygen atoms in total. The van der Waals surface area contributed by atoms with E-state index in [-0.39, 0.29) is 11.4 Å². The number of hydrogen-bond donors (Lipinski definition) is 0. The first-order valence-corrected chi connectivity index (χ1v) is 15.5. The minimum Gasteiger partial charge on any atom is -0.284 e. The number of fused-ring (bicyclic) bond motifs is 1. The van der Waals surface area contributed by atoms with E-state index in [0.29, 0.717) is 39.6 Å². The number of benzene rings is 3. The van der Waals surface area contributed by atoms with Crippen LogP contribution < -0.4 is 9.86 Å². The molecule has 0 saturated heterocycles. The number of pyridine rings is 1. The smallest absolute Gasteiger partial charge is 0.269 e. The summed E-state index contributed by atoms with van der Waals surface area (Å²) in [6.45, 7) is 8.01.